The van der Waals surface area contributed by atoms with Crippen LogP contribution in [-0.2, 0) is 4.84 Å². The van der Waals surface area contributed by atoms with Gasteiger partial charge in [0.1, 0.15) is 0 Å². The Morgan fingerprint density at radius 1 is 1.36 bits per heavy atom. The van der Waals surface area contributed by atoms with Gasteiger partial charge in [-0.3, -0.25) is 0 Å². The predicted octanol–water partition coefficient (Wildman–Crippen LogP) is 0.852. The summed E-state index contributed by atoms with van der Waals surface area (Å²) in [6.45, 7) is 0. The molecular formula is C9H10N2O2S. The second-order valence-corrected chi connectivity index (χ2v) is 2.84. The van der Waals surface area contributed by atoms with Crippen molar-refractivity contribution >= 4 is 23.3 Å². The molecule has 0 bridgehead atoms. The molecule has 74 valence electrons. The van der Waals surface area contributed by atoms with Crippen molar-refractivity contribution in [3.8, 4) is 0 Å². The van der Waals surface area contributed by atoms with Gasteiger partial charge >= 0.3 is 5.97 Å². The number of benzene rings is 1. The topological polar surface area (TPSA) is 50.4 Å². The Kier molecular flexibility index (Phi) is 3.87. The molecule has 1 aromatic rings. The summed E-state index contributed by atoms with van der Waals surface area (Å²) >= 11 is 4.72. The SMILES string of the molecule is CNC(=S)NOC(=O)c1ccccc1. The second-order valence-electron chi connectivity index (χ2n) is 2.44. The van der Waals surface area contributed by atoms with Gasteiger partial charge in [0.05, 0.1) is 5.56 Å². The first-order valence-corrected chi connectivity index (χ1v) is 4.39. The quantitative estimate of drug-likeness (QED) is 0.531. The van der Waals surface area contributed by atoms with Crippen LogP contribution in [0, 0.1) is 0 Å². The van der Waals surface area contributed by atoms with Gasteiger partial charge in [-0.25, -0.2) is 4.79 Å². The Morgan fingerprint density at radius 2 is 2.00 bits per heavy atom. The fourth-order valence-corrected chi connectivity index (χ4v) is 0.819. The Hall–Kier alpha value is -1.62. The average molecular weight is 210 g/mol. The molecule has 0 saturated carbocycles. The summed E-state index contributed by atoms with van der Waals surface area (Å²) in [5, 5.41) is 2.87. The van der Waals surface area contributed by atoms with Gasteiger partial charge in [-0.05, 0) is 24.4 Å². The summed E-state index contributed by atoms with van der Waals surface area (Å²) in [5.74, 6) is -0.469. The molecule has 0 aliphatic carbocycles. The Morgan fingerprint density at radius 3 is 2.57 bits per heavy atom. The van der Waals surface area contributed by atoms with Gasteiger partial charge in [-0.15, -0.1) is 0 Å². The normalized spacial score (nSPS) is 8.93. The van der Waals surface area contributed by atoms with E-state index in [2.05, 4.69) is 15.6 Å². The minimum Gasteiger partial charge on any atom is -0.363 e. The molecule has 0 aliphatic rings. The van der Waals surface area contributed by atoms with E-state index in [4.69, 9.17) is 12.2 Å². The largest absolute Gasteiger partial charge is 0.363 e. The van der Waals surface area contributed by atoms with Crippen molar-refractivity contribution in [3.63, 3.8) is 0 Å². The van der Waals surface area contributed by atoms with Crippen molar-refractivity contribution in [2.45, 2.75) is 0 Å². The summed E-state index contributed by atoms with van der Waals surface area (Å²) < 4.78 is 0. The number of thiocarbonyl (C=S) groups is 1. The van der Waals surface area contributed by atoms with Gasteiger partial charge in [-0.1, -0.05) is 18.2 Å². The molecule has 0 heterocycles. The third kappa shape index (κ3) is 3.02. The van der Waals surface area contributed by atoms with Gasteiger partial charge < -0.3 is 10.2 Å². The van der Waals surface area contributed by atoms with Gasteiger partial charge in [0.15, 0.2) is 5.11 Å². The first-order valence-electron chi connectivity index (χ1n) is 3.98. The van der Waals surface area contributed by atoms with E-state index in [1.165, 1.54) is 0 Å². The molecule has 14 heavy (non-hydrogen) atoms. The Labute approximate surface area is 87.2 Å². The summed E-state index contributed by atoms with van der Waals surface area (Å²) in [4.78, 5) is 16.0. The predicted molar refractivity (Wildman–Crippen MR) is 56.7 cm³/mol. The fourth-order valence-electron chi connectivity index (χ4n) is 0.777. The molecule has 4 nitrogen and oxygen atoms in total. The average Bonchev–Trinajstić information content (AvgIpc) is 2.26. The van der Waals surface area contributed by atoms with Crippen molar-refractivity contribution in [2.24, 2.45) is 0 Å². The van der Waals surface area contributed by atoms with Crippen LogP contribution in [0.15, 0.2) is 30.3 Å². The van der Waals surface area contributed by atoms with E-state index >= 15 is 0 Å². The highest BCUT2D eigenvalue weighted by atomic mass is 32.1. The number of carbonyl (C=O) groups excluding carboxylic acids is 1. The van der Waals surface area contributed by atoms with E-state index in [0.717, 1.165) is 0 Å². The van der Waals surface area contributed by atoms with E-state index < -0.39 is 5.97 Å². The zero-order valence-corrected chi connectivity index (χ0v) is 8.43. The molecule has 1 rings (SSSR count). The van der Waals surface area contributed by atoms with Crippen LogP contribution in [0.4, 0.5) is 0 Å². The van der Waals surface area contributed by atoms with E-state index in [0.29, 0.717) is 5.56 Å². The van der Waals surface area contributed by atoms with Crippen LogP contribution < -0.4 is 10.8 Å². The minimum atomic E-state index is -0.469. The van der Waals surface area contributed by atoms with E-state index in [1.807, 2.05) is 6.07 Å². The third-order valence-electron chi connectivity index (χ3n) is 1.47. The van der Waals surface area contributed by atoms with E-state index in [1.54, 1.807) is 31.3 Å². The smallest absolute Gasteiger partial charge is 0.362 e. The Bertz CT molecular complexity index is 327. The maximum Gasteiger partial charge on any atom is 0.362 e. The van der Waals surface area contributed by atoms with Gasteiger partial charge in [0, 0.05) is 7.05 Å². The van der Waals surface area contributed by atoms with Crippen molar-refractivity contribution in [2.75, 3.05) is 7.05 Å². The highest BCUT2D eigenvalue weighted by Crippen LogP contribution is 1.99. The van der Waals surface area contributed by atoms with Crippen molar-refractivity contribution in [3.05, 3.63) is 35.9 Å². The van der Waals surface area contributed by atoms with E-state index in [9.17, 15) is 4.79 Å². The standard InChI is InChI=1S/C9H10N2O2S/c1-10-9(14)11-13-8(12)7-5-3-2-4-6-7/h2-6H,1H3,(H2,10,11,14). The van der Waals surface area contributed by atoms with Crippen LogP contribution in [0.2, 0.25) is 0 Å². The first-order chi connectivity index (χ1) is 6.74. The molecular weight excluding hydrogens is 200 g/mol. The first kappa shape index (κ1) is 10.5. The fraction of sp³-hybridized carbons (Fsp3) is 0.111. The summed E-state index contributed by atoms with van der Waals surface area (Å²) in [5.41, 5.74) is 2.77. The molecule has 2 N–H and O–H groups in total. The zero-order valence-electron chi connectivity index (χ0n) is 7.61. The molecule has 0 aliphatic heterocycles. The maximum atomic E-state index is 11.3. The molecule has 0 aromatic heterocycles. The number of carbonyl (C=O) groups is 1. The summed E-state index contributed by atoms with van der Waals surface area (Å²) in [6.07, 6.45) is 0. The number of rotatable bonds is 1. The van der Waals surface area contributed by atoms with Crippen LogP contribution in [0.1, 0.15) is 10.4 Å². The Balaban J connectivity index is 2.48. The molecule has 0 saturated heterocycles. The van der Waals surface area contributed by atoms with Crippen molar-refractivity contribution in [1.29, 1.82) is 0 Å². The highest BCUT2D eigenvalue weighted by molar-refractivity contribution is 7.80. The zero-order chi connectivity index (χ0) is 10.4. The minimum absolute atomic E-state index is 0.259. The monoisotopic (exact) mass is 210 g/mol. The number of hydrogen-bond donors (Lipinski definition) is 2. The molecule has 0 radical (unpaired) electrons. The van der Waals surface area contributed by atoms with Gasteiger partial charge in [0.25, 0.3) is 0 Å². The van der Waals surface area contributed by atoms with Crippen LogP contribution in [0.3, 0.4) is 0 Å². The highest BCUT2D eigenvalue weighted by Gasteiger charge is 2.05. The van der Waals surface area contributed by atoms with Gasteiger partial charge in [-0.2, -0.15) is 5.48 Å². The summed E-state index contributed by atoms with van der Waals surface area (Å²) in [6, 6.07) is 8.65. The molecule has 0 fully saturated rings. The lowest BCUT2D eigenvalue weighted by Crippen LogP contribution is -2.34. The number of hydrogen-bond acceptors (Lipinski definition) is 3. The molecule has 0 spiro atoms. The second kappa shape index (κ2) is 5.18. The molecule has 0 amide bonds. The molecule has 1 aromatic carbocycles. The van der Waals surface area contributed by atoms with Crippen LogP contribution in [0.25, 0.3) is 0 Å². The lowest BCUT2D eigenvalue weighted by molar-refractivity contribution is 0.0386. The van der Waals surface area contributed by atoms with Crippen LogP contribution in [0.5, 0.6) is 0 Å². The van der Waals surface area contributed by atoms with Crippen molar-refractivity contribution < 1.29 is 9.63 Å². The lowest BCUT2D eigenvalue weighted by atomic mass is 10.2. The van der Waals surface area contributed by atoms with E-state index in [-0.39, 0.29) is 5.11 Å². The van der Waals surface area contributed by atoms with Crippen molar-refractivity contribution in [1.82, 2.24) is 10.8 Å². The summed E-state index contributed by atoms with van der Waals surface area (Å²) in [7, 11) is 1.63. The molecule has 5 heteroatoms. The molecule has 0 atom stereocenters. The lowest BCUT2D eigenvalue weighted by Gasteiger charge is -2.06. The van der Waals surface area contributed by atoms with Gasteiger partial charge in [0.2, 0.25) is 0 Å². The number of nitrogens with one attached hydrogen (secondary N) is 2. The third-order valence-corrected chi connectivity index (χ3v) is 1.76. The number of hydroxylamine groups is 1. The van der Waals surface area contributed by atoms with Crippen LogP contribution >= 0.6 is 12.2 Å². The maximum absolute atomic E-state index is 11.3. The van der Waals surface area contributed by atoms with Crippen LogP contribution in [-0.4, -0.2) is 18.1 Å². The molecule has 0 unspecified atom stereocenters.